The van der Waals surface area contributed by atoms with Crippen molar-refractivity contribution in [3.8, 4) is 28.4 Å². The van der Waals surface area contributed by atoms with Gasteiger partial charge in [0.2, 0.25) is 0 Å². The molecule has 5 amide bonds. The van der Waals surface area contributed by atoms with Gasteiger partial charge in [0, 0.05) is 46.0 Å². The van der Waals surface area contributed by atoms with Gasteiger partial charge in [-0.2, -0.15) is 25.5 Å². The molecule has 10 heterocycles. The van der Waals surface area contributed by atoms with Crippen LogP contribution in [0.2, 0.25) is 5.15 Å². The molecule has 0 fully saturated rings. The first-order valence-electron chi connectivity index (χ1n) is 33.4. The molecule has 108 heavy (non-hydrogen) atoms. The number of amides is 5. The third-order valence-electron chi connectivity index (χ3n) is 13.6. The topological polar surface area (TPSA) is 336 Å². The molecule has 0 spiro atoms. The minimum absolute atomic E-state index is 0.215. The summed E-state index contributed by atoms with van der Waals surface area (Å²) in [6.07, 6.45) is 25.6. The van der Waals surface area contributed by atoms with Crippen molar-refractivity contribution in [1.29, 1.82) is 0 Å². The zero-order valence-electron chi connectivity index (χ0n) is 64.7. The molecule has 576 valence electrons. The Labute approximate surface area is 630 Å². The quantitative estimate of drug-likeness (QED) is 0.0877. The third kappa shape index (κ3) is 26.2. The van der Waals surface area contributed by atoms with Crippen LogP contribution in [0, 0.1) is 39.3 Å². The van der Waals surface area contributed by atoms with Crippen LogP contribution >= 0.6 is 11.6 Å². The van der Waals surface area contributed by atoms with Crippen LogP contribution in [-0.2, 0) is 23.7 Å². The van der Waals surface area contributed by atoms with Crippen molar-refractivity contribution in [3.63, 3.8) is 0 Å². The smallest absolute Gasteiger partial charge is 0.415 e. The molecule has 10 aromatic heterocycles. The van der Waals surface area contributed by atoms with E-state index >= 15 is 0 Å². The number of nitrogens with zero attached hydrogens (tertiary/aromatic N) is 21. The van der Waals surface area contributed by atoms with Crippen molar-refractivity contribution in [1.82, 2.24) is 83.8 Å². The molecule has 0 saturated heterocycles. The van der Waals surface area contributed by atoms with E-state index in [4.69, 9.17) is 35.3 Å². The summed E-state index contributed by atoms with van der Waals surface area (Å²) in [4.78, 5) is 93.4. The normalized spacial score (nSPS) is 11.3. The number of hydrogen-bond donors (Lipinski definition) is 1. The Morgan fingerprint density at radius 1 is 0.444 bits per heavy atom. The molecular formula is C73H93ClF2N22O10. The van der Waals surface area contributed by atoms with Gasteiger partial charge in [-0.05, 0) is 144 Å². The van der Waals surface area contributed by atoms with E-state index in [-0.39, 0.29) is 11.7 Å². The molecule has 0 saturated carbocycles. The van der Waals surface area contributed by atoms with Crippen molar-refractivity contribution >= 4 is 70.5 Å². The number of aryl methyl sites for hydroxylation is 4. The zero-order valence-corrected chi connectivity index (χ0v) is 65.5. The fourth-order valence-corrected chi connectivity index (χ4v) is 9.12. The maximum absolute atomic E-state index is 13.4. The molecule has 0 aromatic carbocycles. The number of carbonyl (C=O) groups is 5. The summed E-state index contributed by atoms with van der Waals surface area (Å²) >= 11 is 6.10. The molecule has 1 N–H and O–H groups in total. The van der Waals surface area contributed by atoms with Crippen molar-refractivity contribution in [3.05, 3.63) is 182 Å². The fourth-order valence-electron chi connectivity index (χ4n) is 8.87. The number of carbonyl (C=O) groups excluding carboxylic acids is 5. The average molecular weight is 1510 g/mol. The molecule has 35 heteroatoms. The standard InChI is InChI=1S/C17H21FN4O2.C15H19FN4O2.C14H17ClN4O2.C14H19N5O2.C13H17N5O2/c1-6-7-21(16(23)24-17(3,4)5)15-11-22(20-12(15)2)14-8-13(18)9-19-10-14;1-10-13(19(5)14(21)22-15(2,3)4)9-20(18-10)12-6-11(16)7-17-8-12;1-14(2,3)21-13(20)18(4)11-9-19(17-12(11)15)10-6-5-7-16-8-10;1-10-12(18(5)13(20)21-14(2,3)4)8-19(17-10)11-6-15-9-16-7-11;1-9-11(16-12(19)20-13(2,3)4)7-18(17-9)10-5-14-8-15-6-10/h6,8-11H,1,7H2,2-5H3;6-9H,1-5H3;5-9H,1-4H3;6-9H,1-5H3;5-8H,1-4H3,(H,16,19). The lowest BCUT2D eigenvalue weighted by Crippen LogP contribution is -2.37. The number of rotatable bonds is 12. The molecule has 0 unspecified atom stereocenters. The first-order chi connectivity index (χ1) is 50.3. The van der Waals surface area contributed by atoms with E-state index in [0.29, 0.717) is 68.3 Å². The van der Waals surface area contributed by atoms with Crippen LogP contribution in [0.4, 0.5) is 61.2 Å². The molecule has 0 bridgehead atoms. The van der Waals surface area contributed by atoms with Crippen LogP contribution in [0.3, 0.4) is 0 Å². The van der Waals surface area contributed by atoms with Crippen LogP contribution in [-0.4, -0.2) is 170 Å². The minimum Gasteiger partial charge on any atom is -0.444 e. The first kappa shape index (κ1) is 84.8. The molecular weight excluding hydrogens is 1420 g/mol. The Bertz CT molecular complexity index is 4550. The van der Waals surface area contributed by atoms with Crippen LogP contribution < -0.4 is 24.9 Å². The van der Waals surface area contributed by atoms with Crippen LogP contribution in [0.5, 0.6) is 0 Å². The van der Waals surface area contributed by atoms with Gasteiger partial charge in [0.05, 0.1) is 149 Å². The Morgan fingerprint density at radius 2 is 0.787 bits per heavy atom. The van der Waals surface area contributed by atoms with Gasteiger partial charge in [-0.3, -0.25) is 39.9 Å². The summed E-state index contributed by atoms with van der Waals surface area (Å²) in [7, 11) is 4.85. The van der Waals surface area contributed by atoms with Gasteiger partial charge >= 0.3 is 30.5 Å². The van der Waals surface area contributed by atoms with Gasteiger partial charge in [-0.1, -0.05) is 17.7 Å². The molecule has 0 radical (unpaired) electrons. The van der Waals surface area contributed by atoms with Crippen molar-refractivity contribution in [2.45, 2.75) is 160 Å². The van der Waals surface area contributed by atoms with E-state index in [9.17, 15) is 32.8 Å². The molecule has 10 aromatic rings. The number of ether oxygens (including phenoxy) is 5. The zero-order chi connectivity index (χ0) is 80.4. The second-order valence-electron chi connectivity index (χ2n) is 28.7. The van der Waals surface area contributed by atoms with Crippen molar-refractivity contribution < 1.29 is 56.4 Å². The highest BCUT2D eigenvalue weighted by molar-refractivity contribution is 6.32. The van der Waals surface area contributed by atoms with E-state index in [1.165, 1.54) is 66.1 Å². The lowest BCUT2D eigenvalue weighted by molar-refractivity contribution is 0.0574. The SMILES string of the molecule is C=CCN(C(=O)OC(C)(C)C)c1cn(-c2cncc(F)c2)nc1C.CN(C(=O)OC(C)(C)C)c1cn(-c2cccnc2)nc1Cl.Cc1nn(-c2cncc(F)c2)cc1N(C)C(=O)OC(C)(C)C.Cc1nn(-c2cncnc2)cc1N(C)C(=O)OC(C)(C)C.Cc1nn(-c2cncnc2)cc1NC(=O)OC(C)(C)C. The van der Waals surface area contributed by atoms with Gasteiger partial charge in [0.1, 0.15) is 69.4 Å². The second kappa shape index (κ2) is 36.3. The van der Waals surface area contributed by atoms with E-state index < -0.39 is 70.1 Å². The molecule has 0 aliphatic heterocycles. The Kier molecular flexibility index (Phi) is 28.5. The maximum atomic E-state index is 13.4. The number of anilines is 5. The summed E-state index contributed by atoms with van der Waals surface area (Å²) in [6.45, 7) is 38.2. The predicted molar refractivity (Wildman–Crippen MR) is 404 cm³/mol. The monoisotopic (exact) mass is 1510 g/mol. The molecule has 0 aliphatic carbocycles. The molecule has 0 atom stereocenters. The predicted octanol–water partition coefficient (Wildman–Crippen LogP) is 14.7. The first-order valence-corrected chi connectivity index (χ1v) is 33.8. The van der Waals surface area contributed by atoms with Gasteiger partial charge in [0.25, 0.3) is 0 Å². The van der Waals surface area contributed by atoms with Crippen LogP contribution in [0.25, 0.3) is 28.4 Å². The Morgan fingerprint density at radius 3 is 1.19 bits per heavy atom. The molecule has 32 nitrogen and oxygen atoms in total. The highest BCUT2D eigenvalue weighted by Gasteiger charge is 2.29. The summed E-state index contributed by atoms with van der Waals surface area (Å²) in [5, 5.41) is 24.3. The number of nitrogens with one attached hydrogen (secondary N) is 1. The molecule has 0 aliphatic rings. The van der Waals surface area contributed by atoms with Crippen molar-refractivity contribution in [2.24, 2.45) is 0 Å². The van der Waals surface area contributed by atoms with Crippen molar-refractivity contribution in [2.75, 3.05) is 52.6 Å². The number of pyridine rings is 3. The lowest BCUT2D eigenvalue weighted by atomic mass is 10.2. The minimum atomic E-state index is -0.618. The Balaban J connectivity index is 0.000000211. The summed E-state index contributed by atoms with van der Waals surface area (Å²) < 4.78 is 60.9. The van der Waals surface area contributed by atoms with Gasteiger partial charge < -0.3 is 23.7 Å². The number of hydrogen-bond acceptors (Lipinski definition) is 22. The highest BCUT2D eigenvalue weighted by atomic mass is 35.5. The fraction of sp³-hybridized carbons (Fsp3) is 0.384. The average Bonchev–Trinajstić information content (AvgIpc) is 1.72. The van der Waals surface area contributed by atoms with E-state index in [2.05, 4.69) is 72.3 Å². The summed E-state index contributed by atoms with van der Waals surface area (Å²) in [5.41, 5.74) is 5.78. The highest BCUT2D eigenvalue weighted by Crippen LogP contribution is 2.29. The van der Waals surface area contributed by atoms with E-state index in [1.54, 1.807) is 199 Å². The van der Waals surface area contributed by atoms with E-state index in [1.807, 2.05) is 54.5 Å². The number of halogens is 3. The maximum Gasteiger partial charge on any atom is 0.415 e. The Hall–Kier alpha value is -12.1. The molecule has 10 rings (SSSR count). The van der Waals surface area contributed by atoms with Gasteiger partial charge in [0.15, 0.2) is 5.15 Å². The largest absolute Gasteiger partial charge is 0.444 e. The van der Waals surface area contributed by atoms with Gasteiger partial charge in [-0.25, -0.2) is 76.1 Å². The lowest BCUT2D eigenvalue weighted by Gasteiger charge is -2.26. The van der Waals surface area contributed by atoms with E-state index in [0.717, 1.165) is 23.8 Å². The third-order valence-corrected chi connectivity index (χ3v) is 13.8. The number of aromatic nitrogens is 17. The van der Waals surface area contributed by atoms with Crippen LogP contribution in [0.15, 0.2) is 143 Å². The van der Waals surface area contributed by atoms with Gasteiger partial charge in [-0.15, -0.1) is 6.58 Å². The summed E-state index contributed by atoms with van der Waals surface area (Å²) in [6, 6.07) is 6.26. The second-order valence-corrected chi connectivity index (χ2v) is 29.1. The summed E-state index contributed by atoms with van der Waals surface area (Å²) in [5.74, 6) is -0.912. The van der Waals surface area contributed by atoms with Crippen LogP contribution in [0.1, 0.15) is 127 Å².